The predicted molar refractivity (Wildman–Crippen MR) is 55.8 cm³/mol. The van der Waals surface area contributed by atoms with Crippen LogP contribution in [0.3, 0.4) is 0 Å². The maximum atomic E-state index is 9.86. The van der Waals surface area contributed by atoms with Crippen LogP contribution < -0.4 is 5.32 Å². The average molecular weight is 185 g/mol. The van der Waals surface area contributed by atoms with Gasteiger partial charge in [0, 0.05) is 12.6 Å². The van der Waals surface area contributed by atoms with Crippen LogP contribution in [0.4, 0.5) is 0 Å². The molecule has 2 N–H and O–H groups in total. The molecule has 0 bridgehead atoms. The summed E-state index contributed by atoms with van der Waals surface area (Å²) in [7, 11) is 0. The lowest BCUT2D eigenvalue weighted by molar-refractivity contribution is -0.0334. The molecule has 0 aromatic carbocycles. The Morgan fingerprint density at radius 2 is 2.08 bits per heavy atom. The maximum absolute atomic E-state index is 9.86. The van der Waals surface area contributed by atoms with Gasteiger partial charge in [-0.2, -0.15) is 0 Å². The van der Waals surface area contributed by atoms with Crippen LogP contribution in [-0.2, 0) is 0 Å². The molecule has 0 spiro atoms. The van der Waals surface area contributed by atoms with Gasteiger partial charge in [0.15, 0.2) is 0 Å². The molecule has 78 valence electrons. The van der Waals surface area contributed by atoms with E-state index in [-0.39, 0.29) is 5.60 Å². The predicted octanol–water partition coefficient (Wildman–Crippen LogP) is 2.07. The molecule has 13 heavy (non-hydrogen) atoms. The van der Waals surface area contributed by atoms with Crippen molar-refractivity contribution < 1.29 is 5.11 Å². The van der Waals surface area contributed by atoms with E-state index in [0.717, 1.165) is 19.4 Å². The van der Waals surface area contributed by atoms with Gasteiger partial charge in [-0.1, -0.05) is 20.3 Å². The van der Waals surface area contributed by atoms with Crippen molar-refractivity contribution in [3.05, 3.63) is 0 Å². The largest absolute Gasteiger partial charge is 0.389 e. The zero-order valence-electron chi connectivity index (χ0n) is 8.97. The normalized spacial score (nSPS) is 22.4. The van der Waals surface area contributed by atoms with Crippen molar-refractivity contribution in [2.45, 2.75) is 64.0 Å². The highest BCUT2D eigenvalue weighted by molar-refractivity contribution is 4.90. The van der Waals surface area contributed by atoms with Gasteiger partial charge in [0.2, 0.25) is 0 Å². The molecule has 0 saturated heterocycles. The molecule has 1 saturated carbocycles. The van der Waals surface area contributed by atoms with E-state index in [1.165, 1.54) is 25.7 Å². The Morgan fingerprint density at radius 3 is 2.46 bits per heavy atom. The minimum Gasteiger partial charge on any atom is -0.389 e. The van der Waals surface area contributed by atoms with Crippen molar-refractivity contribution in [2.24, 2.45) is 0 Å². The Balaban J connectivity index is 2.15. The molecule has 1 atom stereocenters. The quantitative estimate of drug-likeness (QED) is 0.664. The van der Waals surface area contributed by atoms with Crippen molar-refractivity contribution in [1.82, 2.24) is 5.32 Å². The minimum atomic E-state index is -0.360. The second-order valence-corrected chi connectivity index (χ2v) is 4.35. The summed E-state index contributed by atoms with van der Waals surface area (Å²) < 4.78 is 0. The molecule has 0 aromatic rings. The van der Waals surface area contributed by atoms with Crippen LogP contribution in [0.1, 0.15) is 52.4 Å². The molecule has 0 radical (unpaired) electrons. The van der Waals surface area contributed by atoms with Crippen LogP contribution in [0.25, 0.3) is 0 Å². The molecule has 0 amide bonds. The molecule has 0 aliphatic heterocycles. The second-order valence-electron chi connectivity index (χ2n) is 4.35. The van der Waals surface area contributed by atoms with Crippen molar-refractivity contribution >= 4 is 0 Å². The lowest BCUT2D eigenvalue weighted by Crippen LogP contribution is -2.48. The van der Waals surface area contributed by atoms with Gasteiger partial charge < -0.3 is 10.4 Å². The van der Waals surface area contributed by atoms with E-state index >= 15 is 0 Å². The third-order valence-corrected chi connectivity index (χ3v) is 3.13. The van der Waals surface area contributed by atoms with E-state index in [0.29, 0.717) is 6.04 Å². The summed E-state index contributed by atoms with van der Waals surface area (Å²) in [6.07, 6.45) is 6.80. The molecule has 1 aliphatic carbocycles. The van der Waals surface area contributed by atoms with Gasteiger partial charge in [-0.05, 0) is 32.1 Å². The molecular formula is C11H23NO. The van der Waals surface area contributed by atoms with Gasteiger partial charge in [-0.15, -0.1) is 0 Å². The Morgan fingerprint density at radius 1 is 1.38 bits per heavy atom. The number of nitrogens with one attached hydrogen (secondary N) is 1. The van der Waals surface area contributed by atoms with Crippen LogP contribution in [0.15, 0.2) is 0 Å². The third-order valence-electron chi connectivity index (χ3n) is 3.13. The zero-order chi connectivity index (χ0) is 9.73. The summed E-state index contributed by atoms with van der Waals surface area (Å²) in [6, 6.07) is 0.606. The molecule has 0 heterocycles. The topological polar surface area (TPSA) is 32.3 Å². The smallest absolute Gasteiger partial charge is 0.0771 e. The summed E-state index contributed by atoms with van der Waals surface area (Å²) in [5.74, 6) is 0. The molecule has 2 nitrogen and oxygen atoms in total. The summed E-state index contributed by atoms with van der Waals surface area (Å²) in [4.78, 5) is 0. The standard InChI is InChI=1S/C11H23NO/c1-3-6-10(4-2)12-9-11(13)7-5-8-11/h10,12-13H,3-9H2,1-2H3. The first-order valence-corrected chi connectivity index (χ1v) is 5.66. The first-order chi connectivity index (χ1) is 6.20. The fourth-order valence-corrected chi connectivity index (χ4v) is 1.89. The van der Waals surface area contributed by atoms with Gasteiger partial charge in [0.25, 0.3) is 0 Å². The highest BCUT2D eigenvalue weighted by Gasteiger charge is 2.34. The van der Waals surface area contributed by atoms with Gasteiger partial charge in [0.05, 0.1) is 5.60 Å². The maximum Gasteiger partial charge on any atom is 0.0771 e. The minimum absolute atomic E-state index is 0.360. The summed E-state index contributed by atoms with van der Waals surface area (Å²) in [5, 5.41) is 13.3. The van der Waals surface area contributed by atoms with E-state index in [1.807, 2.05) is 0 Å². The van der Waals surface area contributed by atoms with E-state index in [2.05, 4.69) is 19.2 Å². The molecule has 2 heteroatoms. The van der Waals surface area contributed by atoms with E-state index in [4.69, 9.17) is 0 Å². The van der Waals surface area contributed by atoms with Gasteiger partial charge >= 0.3 is 0 Å². The first-order valence-electron chi connectivity index (χ1n) is 5.66. The van der Waals surface area contributed by atoms with Crippen LogP contribution in [0.2, 0.25) is 0 Å². The number of rotatable bonds is 6. The van der Waals surface area contributed by atoms with Crippen molar-refractivity contribution in [1.29, 1.82) is 0 Å². The lowest BCUT2D eigenvalue weighted by atomic mass is 9.80. The fourth-order valence-electron chi connectivity index (χ4n) is 1.89. The highest BCUT2D eigenvalue weighted by atomic mass is 16.3. The van der Waals surface area contributed by atoms with E-state index < -0.39 is 0 Å². The summed E-state index contributed by atoms with van der Waals surface area (Å²) >= 11 is 0. The van der Waals surface area contributed by atoms with Gasteiger partial charge in [-0.25, -0.2) is 0 Å². The Bertz CT molecular complexity index is 143. The van der Waals surface area contributed by atoms with Crippen molar-refractivity contribution in [2.75, 3.05) is 6.54 Å². The number of hydrogen-bond acceptors (Lipinski definition) is 2. The molecule has 1 aliphatic rings. The molecule has 1 fully saturated rings. The van der Waals surface area contributed by atoms with Crippen LogP contribution in [0, 0.1) is 0 Å². The summed E-state index contributed by atoms with van der Waals surface area (Å²) in [6.45, 7) is 5.21. The molecule has 1 rings (SSSR count). The fraction of sp³-hybridized carbons (Fsp3) is 1.00. The van der Waals surface area contributed by atoms with Crippen LogP contribution in [-0.4, -0.2) is 23.3 Å². The second kappa shape index (κ2) is 4.97. The first kappa shape index (κ1) is 11.0. The average Bonchev–Trinajstić information content (AvgIpc) is 2.09. The lowest BCUT2D eigenvalue weighted by Gasteiger charge is -2.38. The Hall–Kier alpha value is -0.0800. The van der Waals surface area contributed by atoms with Crippen molar-refractivity contribution in [3.63, 3.8) is 0 Å². The van der Waals surface area contributed by atoms with E-state index in [1.54, 1.807) is 0 Å². The van der Waals surface area contributed by atoms with Crippen LogP contribution in [0.5, 0.6) is 0 Å². The number of aliphatic hydroxyl groups is 1. The number of hydrogen-bond donors (Lipinski definition) is 2. The van der Waals surface area contributed by atoms with Gasteiger partial charge in [0.1, 0.15) is 0 Å². The van der Waals surface area contributed by atoms with Crippen molar-refractivity contribution in [3.8, 4) is 0 Å². The molecule has 1 unspecified atom stereocenters. The van der Waals surface area contributed by atoms with E-state index in [9.17, 15) is 5.11 Å². The third kappa shape index (κ3) is 3.28. The Labute approximate surface area is 81.7 Å². The summed E-state index contributed by atoms with van der Waals surface area (Å²) in [5.41, 5.74) is -0.360. The Kier molecular flexibility index (Phi) is 4.20. The SMILES string of the molecule is CCCC(CC)NCC1(O)CCC1. The highest BCUT2D eigenvalue weighted by Crippen LogP contribution is 2.30. The van der Waals surface area contributed by atoms with Gasteiger partial charge in [-0.3, -0.25) is 0 Å². The molecular weight excluding hydrogens is 162 g/mol. The zero-order valence-corrected chi connectivity index (χ0v) is 8.97. The van der Waals surface area contributed by atoms with Crippen LogP contribution >= 0.6 is 0 Å². The molecule has 0 aromatic heterocycles. The monoisotopic (exact) mass is 185 g/mol.